The molecule has 0 aliphatic carbocycles. The molecule has 1 atom stereocenters. The molecule has 0 unspecified atom stereocenters. The molecule has 1 fully saturated rings. The predicted molar refractivity (Wildman–Crippen MR) is 188 cm³/mol. The second-order valence-electron chi connectivity index (χ2n) is 13.2. The van der Waals surface area contributed by atoms with E-state index in [4.69, 9.17) is 15.9 Å². The molecule has 3 aromatic rings. The van der Waals surface area contributed by atoms with Crippen LogP contribution in [-0.4, -0.2) is 83.0 Å². The summed E-state index contributed by atoms with van der Waals surface area (Å²) in [6.45, 7) is 9.23. The van der Waals surface area contributed by atoms with Crippen LogP contribution in [0.5, 0.6) is 0 Å². The number of aryl methyl sites for hydroxylation is 3. The highest BCUT2D eigenvalue weighted by molar-refractivity contribution is 8.00. The van der Waals surface area contributed by atoms with E-state index in [1.807, 2.05) is 13.8 Å². The summed E-state index contributed by atoms with van der Waals surface area (Å²) in [5.41, 5.74) is 6.54. The van der Waals surface area contributed by atoms with Crippen molar-refractivity contribution in [2.24, 2.45) is 26.9 Å². The third-order valence-corrected chi connectivity index (χ3v) is 8.94. The fraction of sp³-hybridized carbons (Fsp3) is 0.438. The van der Waals surface area contributed by atoms with Crippen molar-refractivity contribution in [1.82, 2.24) is 23.9 Å². The van der Waals surface area contributed by atoms with Gasteiger partial charge in [0.2, 0.25) is 5.91 Å². The molecule has 1 saturated heterocycles. The van der Waals surface area contributed by atoms with Gasteiger partial charge in [0.1, 0.15) is 28.7 Å². The zero-order chi connectivity index (χ0) is 36.4. The summed E-state index contributed by atoms with van der Waals surface area (Å²) in [5, 5.41) is 18.3. The van der Waals surface area contributed by atoms with Gasteiger partial charge in [-0.05, 0) is 52.8 Å². The lowest BCUT2D eigenvalue weighted by Gasteiger charge is -2.35. The molecular weight excluding hydrogens is 652 g/mol. The van der Waals surface area contributed by atoms with Crippen molar-refractivity contribution in [3.8, 4) is 0 Å². The molecule has 5 amide bonds. The number of amidine groups is 1. The molecule has 264 valence electrons. The predicted octanol–water partition coefficient (Wildman–Crippen LogP) is 3.29. The van der Waals surface area contributed by atoms with Crippen LogP contribution in [-0.2, 0) is 30.7 Å². The molecule has 0 bridgehead atoms. The van der Waals surface area contributed by atoms with Crippen LogP contribution in [0.3, 0.4) is 0 Å². The Bertz CT molecular complexity index is 1800. The monoisotopic (exact) mass is 696 g/mol. The summed E-state index contributed by atoms with van der Waals surface area (Å²) < 4.78 is 10.2. The van der Waals surface area contributed by atoms with Gasteiger partial charge in [-0.15, -0.1) is 11.8 Å². The Morgan fingerprint density at radius 3 is 1.76 bits per heavy atom. The lowest BCUT2D eigenvalue weighted by Crippen LogP contribution is -2.52. The fourth-order valence-corrected chi connectivity index (χ4v) is 6.45. The van der Waals surface area contributed by atoms with Gasteiger partial charge < -0.3 is 45.4 Å². The van der Waals surface area contributed by atoms with Gasteiger partial charge in [0.15, 0.2) is 0 Å². The maximum Gasteiger partial charge on any atom is 0.412 e. The minimum atomic E-state index is -0.779. The third-order valence-electron chi connectivity index (χ3n) is 7.56. The van der Waals surface area contributed by atoms with E-state index in [0.29, 0.717) is 28.5 Å². The summed E-state index contributed by atoms with van der Waals surface area (Å²) in [6, 6.07) is 3.79. The molecule has 1 aliphatic heterocycles. The van der Waals surface area contributed by atoms with E-state index in [2.05, 4.69) is 21.3 Å². The molecule has 49 heavy (non-hydrogen) atoms. The van der Waals surface area contributed by atoms with Gasteiger partial charge in [-0.25, -0.2) is 4.79 Å². The number of nitrogens with one attached hydrogen (secondary N) is 5. The van der Waals surface area contributed by atoms with Gasteiger partial charge in [-0.2, -0.15) is 0 Å². The van der Waals surface area contributed by atoms with Crippen LogP contribution < -0.4 is 27.0 Å². The molecule has 16 nitrogen and oxygen atoms in total. The quantitative estimate of drug-likeness (QED) is 0.136. The van der Waals surface area contributed by atoms with E-state index in [0.717, 1.165) is 0 Å². The first kappa shape index (κ1) is 36.6. The van der Waals surface area contributed by atoms with Crippen molar-refractivity contribution in [2.45, 2.75) is 57.6 Å². The molecule has 7 N–H and O–H groups in total. The minimum Gasteiger partial charge on any atom is -0.444 e. The minimum absolute atomic E-state index is 0.0344. The van der Waals surface area contributed by atoms with E-state index in [1.165, 1.54) is 34.9 Å². The molecular formula is C32H44N10O6S. The molecule has 4 heterocycles. The molecule has 0 spiro atoms. The Morgan fingerprint density at radius 2 is 1.31 bits per heavy atom. The van der Waals surface area contributed by atoms with E-state index < -0.39 is 40.3 Å². The standard InChI is InChI=1S/C32H44N10O6S/c1-31(2,3)48-30(47)42-24(17-49-32(42,4)5)29(46)38-20-13-23(41(8)16-20)28(45)37-19-12-22(40(7)15-19)27(44)36-18-11-21(39(6)14-18)26(43)35-10-9-25(33)34/h11-16,24H,9-10,17H2,1-8H3,(H3,33,34)(H,35,43)(H,36,44)(H,37,45)(H,38,46)/t24-/m0/s1. The average Bonchev–Trinajstić information content (AvgIpc) is 3.71. The number of hydrogen-bond donors (Lipinski definition) is 6. The Hall–Kier alpha value is -5.19. The number of rotatable bonds is 10. The first-order valence-electron chi connectivity index (χ1n) is 15.5. The zero-order valence-electron chi connectivity index (χ0n) is 28.9. The highest BCUT2D eigenvalue weighted by Gasteiger charge is 2.48. The smallest absolute Gasteiger partial charge is 0.412 e. The largest absolute Gasteiger partial charge is 0.444 e. The number of carbonyl (C=O) groups is 5. The highest BCUT2D eigenvalue weighted by Crippen LogP contribution is 2.40. The van der Waals surface area contributed by atoms with Gasteiger partial charge in [-0.1, -0.05) is 0 Å². The molecule has 0 radical (unpaired) electrons. The van der Waals surface area contributed by atoms with Crippen LogP contribution in [0.2, 0.25) is 0 Å². The summed E-state index contributed by atoms with van der Waals surface area (Å²) in [4.78, 5) is 66.0. The van der Waals surface area contributed by atoms with E-state index in [1.54, 1.807) is 74.2 Å². The van der Waals surface area contributed by atoms with Crippen LogP contribution >= 0.6 is 11.8 Å². The number of nitrogens with zero attached hydrogens (tertiary/aromatic N) is 4. The first-order chi connectivity index (χ1) is 22.8. The fourth-order valence-electron chi connectivity index (χ4n) is 5.25. The van der Waals surface area contributed by atoms with Gasteiger partial charge in [0.25, 0.3) is 17.7 Å². The van der Waals surface area contributed by atoms with E-state index in [9.17, 15) is 24.0 Å². The number of carbonyl (C=O) groups excluding carboxylic acids is 5. The molecule has 0 aromatic carbocycles. The van der Waals surface area contributed by atoms with Crippen molar-refractivity contribution in [3.05, 3.63) is 53.9 Å². The van der Waals surface area contributed by atoms with Gasteiger partial charge in [-0.3, -0.25) is 29.5 Å². The second-order valence-corrected chi connectivity index (χ2v) is 14.8. The normalized spacial score (nSPS) is 15.4. The Balaban J connectivity index is 1.39. The topological polar surface area (TPSA) is 211 Å². The molecule has 0 saturated carbocycles. The first-order valence-corrected chi connectivity index (χ1v) is 16.4. The van der Waals surface area contributed by atoms with Gasteiger partial charge in [0, 0.05) is 58.5 Å². The maximum absolute atomic E-state index is 13.4. The molecule has 3 aromatic heterocycles. The lowest BCUT2D eigenvalue weighted by atomic mass is 10.2. The Morgan fingerprint density at radius 1 is 0.857 bits per heavy atom. The van der Waals surface area contributed by atoms with Crippen molar-refractivity contribution < 1.29 is 28.7 Å². The number of ether oxygens (including phenoxy) is 1. The second kappa shape index (κ2) is 14.1. The van der Waals surface area contributed by atoms with Crippen molar-refractivity contribution in [2.75, 3.05) is 28.2 Å². The summed E-state index contributed by atoms with van der Waals surface area (Å²) in [6.07, 6.45) is 4.42. The van der Waals surface area contributed by atoms with E-state index in [-0.39, 0.29) is 36.1 Å². The number of anilines is 3. The molecule has 4 rings (SSSR count). The average molecular weight is 697 g/mol. The Labute approximate surface area is 288 Å². The van der Waals surface area contributed by atoms with Crippen LogP contribution in [0.25, 0.3) is 0 Å². The third kappa shape index (κ3) is 8.84. The Kier molecular flexibility index (Phi) is 10.6. The van der Waals surface area contributed by atoms with Crippen LogP contribution in [0.1, 0.15) is 72.5 Å². The van der Waals surface area contributed by atoms with Gasteiger partial charge in [0.05, 0.1) is 27.8 Å². The van der Waals surface area contributed by atoms with Crippen LogP contribution in [0, 0.1) is 5.41 Å². The summed E-state index contributed by atoms with van der Waals surface area (Å²) in [7, 11) is 4.98. The van der Waals surface area contributed by atoms with Crippen molar-refractivity contribution >= 4 is 64.4 Å². The summed E-state index contributed by atoms with van der Waals surface area (Å²) in [5.74, 6) is -1.37. The number of thioether (sulfide) groups is 1. The lowest BCUT2D eigenvalue weighted by molar-refractivity contribution is -0.121. The number of aromatic nitrogens is 3. The number of hydrogen-bond acceptors (Lipinski definition) is 8. The van der Waals surface area contributed by atoms with Crippen molar-refractivity contribution in [3.63, 3.8) is 0 Å². The van der Waals surface area contributed by atoms with Crippen LogP contribution in [0.15, 0.2) is 36.8 Å². The number of nitrogens with two attached hydrogens (primary N) is 1. The van der Waals surface area contributed by atoms with Crippen molar-refractivity contribution in [1.29, 1.82) is 5.41 Å². The van der Waals surface area contributed by atoms with E-state index >= 15 is 0 Å². The number of amides is 5. The SMILES string of the molecule is Cn1cc(NC(=O)c2cc(NC(=O)c3cc(NC(=O)[C@@H]4CSC(C)(C)N4C(=O)OC(C)(C)C)cn3C)cn2C)cc1C(=O)NCCC(=N)N. The maximum atomic E-state index is 13.4. The van der Waals surface area contributed by atoms with Gasteiger partial charge >= 0.3 is 6.09 Å². The highest BCUT2D eigenvalue weighted by atomic mass is 32.2. The zero-order valence-corrected chi connectivity index (χ0v) is 29.7. The molecule has 17 heteroatoms. The molecule has 1 aliphatic rings. The summed E-state index contributed by atoms with van der Waals surface area (Å²) >= 11 is 1.47. The van der Waals surface area contributed by atoms with Crippen LogP contribution in [0.4, 0.5) is 21.9 Å².